The minimum atomic E-state index is -0.329. The average molecular weight is 199 g/mol. The molecule has 1 rings (SSSR count). The fourth-order valence-electron chi connectivity index (χ4n) is 2.08. The maximum absolute atomic E-state index is 11.0. The van der Waals surface area contributed by atoms with E-state index in [0.29, 0.717) is 12.5 Å². The van der Waals surface area contributed by atoms with Gasteiger partial charge in [-0.3, -0.25) is 4.79 Å². The van der Waals surface area contributed by atoms with Crippen molar-refractivity contribution in [2.75, 3.05) is 13.6 Å². The van der Waals surface area contributed by atoms with Crippen LogP contribution in [0.5, 0.6) is 0 Å². The Kier molecular flexibility index (Phi) is 4.39. The SMILES string of the molecule is CC(=O)N(C)C[C@@H](O)C1CCCCC1. The van der Waals surface area contributed by atoms with Crippen molar-refractivity contribution in [1.29, 1.82) is 0 Å². The van der Waals surface area contributed by atoms with Gasteiger partial charge < -0.3 is 10.0 Å². The lowest BCUT2D eigenvalue weighted by Gasteiger charge is -2.29. The van der Waals surface area contributed by atoms with Crippen molar-refractivity contribution >= 4 is 5.91 Å². The van der Waals surface area contributed by atoms with Crippen LogP contribution in [0.1, 0.15) is 39.0 Å². The number of aliphatic hydroxyl groups is 1. The second-order valence-corrected chi connectivity index (χ2v) is 4.36. The Hall–Kier alpha value is -0.570. The van der Waals surface area contributed by atoms with Crippen molar-refractivity contribution in [1.82, 2.24) is 4.90 Å². The normalized spacial score (nSPS) is 20.5. The van der Waals surface area contributed by atoms with Crippen LogP contribution in [0.15, 0.2) is 0 Å². The van der Waals surface area contributed by atoms with E-state index in [1.54, 1.807) is 11.9 Å². The molecule has 0 heterocycles. The molecule has 0 radical (unpaired) electrons. The molecule has 0 aromatic rings. The lowest BCUT2D eigenvalue weighted by atomic mass is 9.85. The summed E-state index contributed by atoms with van der Waals surface area (Å²) < 4.78 is 0. The first-order chi connectivity index (χ1) is 6.61. The lowest BCUT2D eigenvalue weighted by Crippen LogP contribution is -2.37. The van der Waals surface area contributed by atoms with Crippen LogP contribution in [0.3, 0.4) is 0 Å². The molecular weight excluding hydrogens is 178 g/mol. The Labute approximate surface area is 86.1 Å². The summed E-state index contributed by atoms with van der Waals surface area (Å²) in [5.41, 5.74) is 0. The third kappa shape index (κ3) is 3.29. The molecule has 1 N–H and O–H groups in total. The first kappa shape index (κ1) is 11.5. The molecule has 0 aliphatic heterocycles. The van der Waals surface area contributed by atoms with Crippen LogP contribution >= 0.6 is 0 Å². The second-order valence-electron chi connectivity index (χ2n) is 4.36. The molecule has 82 valence electrons. The van der Waals surface area contributed by atoms with Gasteiger partial charge in [-0.05, 0) is 18.8 Å². The van der Waals surface area contributed by atoms with Gasteiger partial charge in [0, 0.05) is 20.5 Å². The number of hydrogen-bond donors (Lipinski definition) is 1. The fourth-order valence-corrected chi connectivity index (χ4v) is 2.08. The minimum absolute atomic E-state index is 0.0276. The summed E-state index contributed by atoms with van der Waals surface area (Å²) in [6, 6.07) is 0. The average Bonchev–Trinajstić information content (AvgIpc) is 2.19. The molecule has 0 saturated heterocycles. The van der Waals surface area contributed by atoms with Gasteiger partial charge >= 0.3 is 0 Å². The van der Waals surface area contributed by atoms with E-state index in [4.69, 9.17) is 0 Å². The number of likely N-dealkylation sites (N-methyl/N-ethyl adjacent to an activating group) is 1. The highest BCUT2D eigenvalue weighted by Gasteiger charge is 2.23. The Morgan fingerprint density at radius 1 is 1.43 bits per heavy atom. The van der Waals surface area contributed by atoms with Crippen LogP contribution in [-0.4, -0.2) is 35.6 Å². The molecule has 0 unspecified atom stereocenters. The van der Waals surface area contributed by atoms with Crippen LogP contribution in [0.4, 0.5) is 0 Å². The standard InChI is InChI=1S/C11H21NO2/c1-9(13)12(2)8-11(14)10-6-4-3-5-7-10/h10-11,14H,3-8H2,1-2H3/t11-/m1/s1. The van der Waals surface area contributed by atoms with Gasteiger partial charge in [-0.2, -0.15) is 0 Å². The Morgan fingerprint density at radius 3 is 2.50 bits per heavy atom. The summed E-state index contributed by atoms with van der Waals surface area (Å²) in [6.45, 7) is 2.02. The first-order valence-corrected chi connectivity index (χ1v) is 5.51. The van der Waals surface area contributed by atoms with E-state index in [0.717, 1.165) is 12.8 Å². The molecule has 1 amide bonds. The van der Waals surface area contributed by atoms with Crippen molar-refractivity contribution in [3.8, 4) is 0 Å². The molecule has 0 aromatic carbocycles. The zero-order chi connectivity index (χ0) is 10.6. The molecule has 1 fully saturated rings. The van der Waals surface area contributed by atoms with Gasteiger partial charge in [0.25, 0.3) is 0 Å². The van der Waals surface area contributed by atoms with Gasteiger partial charge in [-0.15, -0.1) is 0 Å². The van der Waals surface area contributed by atoms with Crippen molar-refractivity contribution < 1.29 is 9.90 Å². The molecule has 3 heteroatoms. The molecule has 0 spiro atoms. The molecular formula is C11H21NO2. The molecule has 1 saturated carbocycles. The number of hydrogen-bond acceptors (Lipinski definition) is 2. The quantitative estimate of drug-likeness (QED) is 0.746. The van der Waals surface area contributed by atoms with E-state index >= 15 is 0 Å². The highest BCUT2D eigenvalue weighted by atomic mass is 16.3. The summed E-state index contributed by atoms with van der Waals surface area (Å²) in [5.74, 6) is 0.436. The monoisotopic (exact) mass is 199 g/mol. The Balaban J connectivity index is 2.32. The van der Waals surface area contributed by atoms with Gasteiger partial charge in [0.05, 0.1) is 6.10 Å². The van der Waals surface area contributed by atoms with Crippen molar-refractivity contribution in [2.24, 2.45) is 5.92 Å². The molecule has 1 aliphatic carbocycles. The van der Waals surface area contributed by atoms with E-state index in [1.807, 2.05) is 0 Å². The summed E-state index contributed by atoms with van der Waals surface area (Å²) in [5, 5.41) is 9.90. The zero-order valence-corrected chi connectivity index (χ0v) is 9.20. The zero-order valence-electron chi connectivity index (χ0n) is 9.20. The summed E-state index contributed by atoms with van der Waals surface area (Å²) in [4.78, 5) is 12.6. The van der Waals surface area contributed by atoms with E-state index in [1.165, 1.54) is 26.2 Å². The number of amides is 1. The molecule has 0 bridgehead atoms. The predicted molar refractivity (Wildman–Crippen MR) is 55.9 cm³/mol. The van der Waals surface area contributed by atoms with Crippen LogP contribution in [0.2, 0.25) is 0 Å². The molecule has 1 atom stereocenters. The third-order valence-corrected chi connectivity index (χ3v) is 3.19. The largest absolute Gasteiger partial charge is 0.391 e. The minimum Gasteiger partial charge on any atom is -0.391 e. The summed E-state index contributed by atoms with van der Waals surface area (Å²) in [7, 11) is 1.74. The van der Waals surface area contributed by atoms with Crippen LogP contribution in [-0.2, 0) is 4.79 Å². The van der Waals surface area contributed by atoms with Crippen LogP contribution in [0, 0.1) is 5.92 Å². The number of nitrogens with zero attached hydrogens (tertiary/aromatic N) is 1. The highest BCUT2D eigenvalue weighted by Crippen LogP contribution is 2.26. The molecule has 3 nitrogen and oxygen atoms in total. The molecule has 1 aliphatic rings. The summed E-state index contributed by atoms with van der Waals surface area (Å²) in [6.07, 6.45) is 5.66. The van der Waals surface area contributed by atoms with E-state index < -0.39 is 0 Å². The van der Waals surface area contributed by atoms with E-state index in [-0.39, 0.29) is 12.0 Å². The van der Waals surface area contributed by atoms with Gasteiger partial charge in [-0.1, -0.05) is 19.3 Å². The molecule has 0 aromatic heterocycles. The van der Waals surface area contributed by atoms with Gasteiger partial charge in [-0.25, -0.2) is 0 Å². The van der Waals surface area contributed by atoms with E-state index in [9.17, 15) is 9.90 Å². The first-order valence-electron chi connectivity index (χ1n) is 5.51. The van der Waals surface area contributed by atoms with Crippen molar-refractivity contribution in [3.05, 3.63) is 0 Å². The Bertz CT molecular complexity index is 188. The lowest BCUT2D eigenvalue weighted by molar-refractivity contribution is -0.129. The van der Waals surface area contributed by atoms with Crippen molar-refractivity contribution in [3.63, 3.8) is 0 Å². The number of carbonyl (C=O) groups is 1. The van der Waals surface area contributed by atoms with E-state index in [2.05, 4.69) is 0 Å². The fraction of sp³-hybridized carbons (Fsp3) is 0.909. The van der Waals surface area contributed by atoms with Gasteiger partial charge in [0.15, 0.2) is 0 Å². The number of aliphatic hydroxyl groups excluding tert-OH is 1. The van der Waals surface area contributed by atoms with Gasteiger partial charge in [0.2, 0.25) is 5.91 Å². The molecule has 14 heavy (non-hydrogen) atoms. The highest BCUT2D eigenvalue weighted by molar-refractivity contribution is 5.72. The van der Waals surface area contributed by atoms with Crippen LogP contribution < -0.4 is 0 Å². The predicted octanol–water partition coefficient (Wildman–Crippen LogP) is 1.41. The van der Waals surface area contributed by atoms with Crippen molar-refractivity contribution in [2.45, 2.75) is 45.1 Å². The number of carbonyl (C=O) groups excluding carboxylic acids is 1. The number of rotatable bonds is 3. The Morgan fingerprint density at radius 2 is 2.00 bits per heavy atom. The van der Waals surface area contributed by atoms with Gasteiger partial charge in [0.1, 0.15) is 0 Å². The maximum Gasteiger partial charge on any atom is 0.219 e. The maximum atomic E-state index is 11.0. The second kappa shape index (κ2) is 5.35. The summed E-state index contributed by atoms with van der Waals surface area (Å²) >= 11 is 0. The third-order valence-electron chi connectivity index (χ3n) is 3.19. The topological polar surface area (TPSA) is 40.5 Å². The van der Waals surface area contributed by atoms with Crippen LogP contribution in [0.25, 0.3) is 0 Å². The smallest absolute Gasteiger partial charge is 0.219 e.